The van der Waals surface area contributed by atoms with Crippen LogP contribution in [0.5, 0.6) is 5.75 Å². The average molecular weight is 375 g/mol. The minimum Gasteiger partial charge on any atom is -0.482 e. The molecule has 0 spiro atoms. The van der Waals surface area contributed by atoms with Gasteiger partial charge in [0.2, 0.25) is 5.91 Å². The maximum Gasteiger partial charge on any atom is 0.326 e. The van der Waals surface area contributed by atoms with Crippen molar-refractivity contribution >= 4 is 39.9 Å². The van der Waals surface area contributed by atoms with Crippen LogP contribution in [0.25, 0.3) is 11.3 Å². The van der Waals surface area contributed by atoms with Crippen LogP contribution in [0.15, 0.2) is 23.6 Å². The second-order valence-corrected chi connectivity index (χ2v) is 6.33. The highest BCUT2D eigenvalue weighted by atomic mass is 32.1. The number of nitrogens with zero attached hydrogens (tertiary/aromatic N) is 2. The van der Waals surface area contributed by atoms with Crippen LogP contribution < -0.4 is 15.0 Å². The number of carbonyl (C=O) groups excluding carboxylic acids is 3. The average Bonchev–Trinajstić information content (AvgIpc) is 3.05. The minimum atomic E-state index is -0.485. The predicted molar refractivity (Wildman–Crippen MR) is 96.3 cm³/mol. The Kier molecular flexibility index (Phi) is 5.17. The number of nitrogens with one attached hydrogen (secondary N) is 1. The molecule has 26 heavy (non-hydrogen) atoms. The standard InChI is InChI=1S/C17H17N3O5S/c1-3-24-16(23)7-20-13-6-11(4-5-14(13)25-8-15(20)22)12-9-26-17(19-12)18-10(2)21/h4-6,9H,3,7-8H2,1-2H3,(H,18,19,21). The number of ether oxygens (including phenoxy) is 2. The van der Waals surface area contributed by atoms with Crippen molar-refractivity contribution in [3.05, 3.63) is 23.6 Å². The number of thiazole rings is 1. The molecule has 3 rings (SSSR count). The molecule has 2 aromatic rings. The number of hydrogen-bond acceptors (Lipinski definition) is 7. The van der Waals surface area contributed by atoms with Gasteiger partial charge in [-0.3, -0.25) is 19.3 Å². The van der Waals surface area contributed by atoms with Crippen molar-refractivity contribution in [1.29, 1.82) is 0 Å². The van der Waals surface area contributed by atoms with Gasteiger partial charge in [-0.15, -0.1) is 11.3 Å². The maximum atomic E-state index is 12.2. The molecule has 1 aliphatic rings. The summed E-state index contributed by atoms with van der Waals surface area (Å²) in [5.74, 6) is -0.494. The zero-order valence-corrected chi connectivity index (χ0v) is 15.1. The van der Waals surface area contributed by atoms with Crippen molar-refractivity contribution in [2.24, 2.45) is 0 Å². The van der Waals surface area contributed by atoms with Crippen LogP contribution in [-0.2, 0) is 19.1 Å². The lowest BCUT2D eigenvalue weighted by Crippen LogP contribution is -2.42. The van der Waals surface area contributed by atoms with Crippen LogP contribution in [0.1, 0.15) is 13.8 Å². The fraction of sp³-hybridized carbons (Fsp3) is 0.294. The Labute approximate surface area is 153 Å². The first kappa shape index (κ1) is 17.9. The second-order valence-electron chi connectivity index (χ2n) is 5.48. The molecule has 1 aromatic heterocycles. The normalized spacial score (nSPS) is 13.0. The molecule has 0 bridgehead atoms. The van der Waals surface area contributed by atoms with Crippen molar-refractivity contribution in [2.75, 3.05) is 30.0 Å². The van der Waals surface area contributed by atoms with E-state index < -0.39 is 5.97 Å². The Morgan fingerprint density at radius 3 is 2.96 bits per heavy atom. The number of rotatable bonds is 5. The lowest BCUT2D eigenvalue weighted by molar-refractivity contribution is -0.142. The first-order valence-corrected chi connectivity index (χ1v) is 8.82. The SMILES string of the molecule is CCOC(=O)CN1C(=O)COc2ccc(-c3csc(NC(C)=O)n3)cc21. The first-order chi connectivity index (χ1) is 12.5. The van der Waals surface area contributed by atoms with Gasteiger partial charge in [0.05, 0.1) is 18.0 Å². The van der Waals surface area contributed by atoms with Crippen LogP contribution in [0.2, 0.25) is 0 Å². The van der Waals surface area contributed by atoms with Gasteiger partial charge in [0.25, 0.3) is 5.91 Å². The molecule has 0 saturated carbocycles. The van der Waals surface area contributed by atoms with Gasteiger partial charge in [0.1, 0.15) is 12.3 Å². The highest BCUT2D eigenvalue weighted by Gasteiger charge is 2.28. The van der Waals surface area contributed by atoms with Gasteiger partial charge in [0.15, 0.2) is 11.7 Å². The third-order valence-corrected chi connectivity index (χ3v) is 4.34. The van der Waals surface area contributed by atoms with E-state index in [1.807, 2.05) is 6.07 Å². The van der Waals surface area contributed by atoms with Crippen molar-refractivity contribution in [3.8, 4) is 17.0 Å². The van der Waals surface area contributed by atoms with E-state index >= 15 is 0 Å². The number of amides is 2. The largest absolute Gasteiger partial charge is 0.482 e. The smallest absolute Gasteiger partial charge is 0.326 e. The Morgan fingerprint density at radius 2 is 2.23 bits per heavy atom. The molecule has 1 aliphatic heterocycles. The molecule has 9 heteroatoms. The topological polar surface area (TPSA) is 97.8 Å². The van der Waals surface area contributed by atoms with Crippen molar-refractivity contribution in [1.82, 2.24) is 4.98 Å². The van der Waals surface area contributed by atoms with Crippen LogP contribution >= 0.6 is 11.3 Å². The molecule has 1 aromatic carbocycles. The minimum absolute atomic E-state index is 0.130. The summed E-state index contributed by atoms with van der Waals surface area (Å²) >= 11 is 1.30. The molecule has 0 radical (unpaired) electrons. The van der Waals surface area contributed by atoms with Crippen LogP contribution in [0, 0.1) is 0 Å². The Hall–Kier alpha value is -2.94. The lowest BCUT2D eigenvalue weighted by atomic mass is 10.1. The van der Waals surface area contributed by atoms with Crippen molar-refractivity contribution in [2.45, 2.75) is 13.8 Å². The fourth-order valence-electron chi connectivity index (χ4n) is 2.48. The fourth-order valence-corrected chi connectivity index (χ4v) is 3.25. The molecule has 0 aliphatic carbocycles. The second kappa shape index (κ2) is 7.52. The zero-order valence-electron chi connectivity index (χ0n) is 14.3. The molecule has 0 unspecified atom stereocenters. The van der Waals surface area contributed by atoms with Crippen LogP contribution in [0.3, 0.4) is 0 Å². The van der Waals surface area contributed by atoms with E-state index in [2.05, 4.69) is 10.3 Å². The highest BCUT2D eigenvalue weighted by Crippen LogP contribution is 2.36. The van der Waals surface area contributed by atoms with E-state index in [1.54, 1.807) is 24.4 Å². The summed E-state index contributed by atoms with van der Waals surface area (Å²) in [6.07, 6.45) is 0. The van der Waals surface area contributed by atoms with Gasteiger partial charge >= 0.3 is 5.97 Å². The lowest BCUT2D eigenvalue weighted by Gasteiger charge is -2.28. The summed E-state index contributed by atoms with van der Waals surface area (Å²) in [6, 6.07) is 5.27. The summed E-state index contributed by atoms with van der Waals surface area (Å²) in [4.78, 5) is 40.9. The number of carbonyl (C=O) groups is 3. The molecule has 136 valence electrons. The van der Waals surface area contributed by atoms with E-state index in [9.17, 15) is 14.4 Å². The molecule has 8 nitrogen and oxygen atoms in total. The van der Waals surface area contributed by atoms with E-state index in [0.29, 0.717) is 22.3 Å². The molecule has 0 atom stereocenters. The van der Waals surface area contributed by atoms with E-state index in [0.717, 1.165) is 5.56 Å². The monoisotopic (exact) mass is 375 g/mol. The number of aromatic nitrogens is 1. The quantitative estimate of drug-likeness (QED) is 0.804. The Bertz CT molecular complexity index is 864. The zero-order chi connectivity index (χ0) is 18.7. The molecule has 0 fully saturated rings. The van der Waals surface area contributed by atoms with Gasteiger partial charge in [0, 0.05) is 17.9 Å². The highest BCUT2D eigenvalue weighted by molar-refractivity contribution is 7.14. The van der Waals surface area contributed by atoms with Crippen molar-refractivity contribution in [3.63, 3.8) is 0 Å². The summed E-state index contributed by atoms with van der Waals surface area (Å²) in [5, 5.41) is 4.92. The van der Waals surface area contributed by atoms with Crippen LogP contribution in [0.4, 0.5) is 10.8 Å². The third kappa shape index (κ3) is 3.83. The number of anilines is 2. The first-order valence-electron chi connectivity index (χ1n) is 7.94. The van der Waals surface area contributed by atoms with Gasteiger partial charge in [-0.05, 0) is 25.1 Å². The third-order valence-electron chi connectivity index (χ3n) is 3.58. The van der Waals surface area contributed by atoms with Gasteiger partial charge in [-0.25, -0.2) is 4.98 Å². The summed E-state index contributed by atoms with van der Waals surface area (Å²) in [5.41, 5.74) is 1.88. The number of benzene rings is 1. The van der Waals surface area contributed by atoms with Crippen LogP contribution in [-0.4, -0.2) is 42.5 Å². The number of esters is 1. The van der Waals surface area contributed by atoms with Crippen molar-refractivity contribution < 1.29 is 23.9 Å². The number of hydrogen-bond donors (Lipinski definition) is 1. The number of fused-ring (bicyclic) bond motifs is 1. The van der Waals surface area contributed by atoms with Gasteiger partial charge < -0.3 is 14.8 Å². The summed E-state index contributed by atoms with van der Waals surface area (Å²) in [7, 11) is 0. The molecular formula is C17H17N3O5S. The maximum absolute atomic E-state index is 12.2. The Morgan fingerprint density at radius 1 is 1.42 bits per heavy atom. The molecular weight excluding hydrogens is 358 g/mol. The van der Waals surface area contributed by atoms with E-state index in [4.69, 9.17) is 9.47 Å². The Balaban J connectivity index is 1.91. The summed E-state index contributed by atoms with van der Waals surface area (Å²) < 4.78 is 10.4. The molecule has 1 N–H and O–H groups in total. The van der Waals surface area contributed by atoms with E-state index in [1.165, 1.54) is 23.2 Å². The predicted octanol–water partition coefficient (Wildman–Crippen LogP) is 2.06. The summed E-state index contributed by atoms with van der Waals surface area (Å²) in [6.45, 7) is 3.06. The van der Waals surface area contributed by atoms with Gasteiger partial charge in [-0.2, -0.15) is 0 Å². The van der Waals surface area contributed by atoms with Gasteiger partial charge in [-0.1, -0.05) is 0 Å². The molecule has 0 saturated heterocycles. The molecule has 2 heterocycles. The van der Waals surface area contributed by atoms with E-state index in [-0.39, 0.29) is 31.6 Å². The molecule has 2 amide bonds.